The lowest BCUT2D eigenvalue weighted by Gasteiger charge is -2.43. The smallest absolute Gasteiger partial charge is 0.241 e. The molecule has 0 radical (unpaired) electrons. The summed E-state index contributed by atoms with van der Waals surface area (Å²) in [5, 5.41) is 3.54. The van der Waals surface area contributed by atoms with Gasteiger partial charge >= 0.3 is 0 Å². The Bertz CT molecular complexity index is 324. The maximum atomic E-state index is 12.6. The van der Waals surface area contributed by atoms with Gasteiger partial charge in [0.1, 0.15) is 0 Å². The number of carbonyl (C=O) groups excluding carboxylic acids is 1. The van der Waals surface area contributed by atoms with E-state index in [2.05, 4.69) is 37.9 Å². The number of amides is 1. The molecule has 2 fully saturated rings. The normalized spacial score (nSPS) is 35.3. The van der Waals surface area contributed by atoms with E-state index in [1.165, 1.54) is 0 Å². The molecule has 4 heteroatoms. The molecule has 1 N–H and O–H groups in total. The number of nitrogens with one attached hydrogen (secondary N) is 1. The molecule has 1 aliphatic carbocycles. The average Bonchev–Trinajstić information content (AvgIpc) is 2.55. The van der Waals surface area contributed by atoms with Gasteiger partial charge in [0.25, 0.3) is 0 Å². The van der Waals surface area contributed by atoms with Gasteiger partial charge in [0.05, 0.1) is 18.3 Å². The zero-order valence-corrected chi connectivity index (χ0v) is 12.8. The summed E-state index contributed by atoms with van der Waals surface area (Å²) in [6.07, 6.45) is 3.56. The standard InChI is InChI=1S/C15H28N2O2/c1-9(2)6-13-16-14(10(3)4)15(18)17(13)11-7-12(8-11)19-5/h9-14,16H,6-8H2,1-5H3. The zero-order valence-electron chi connectivity index (χ0n) is 12.8. The Kier molecular flexibility index (Phi) is 4.51. The Morgan fingerprint density at radius 2 is 1.95 bits per heavy atom. The van der Waals surface area contributed by atoms with Crippen molar-refractivity contribution in [2.24, 2.45) is 11.8 Å². The zero-order chi connectivity index (χ0) is 14.2. The highest BCUT2D eigenvalue weighted by atomic mass is 16.5. The minimum Gasteiger partial charge on any atom is -0.381 e. The van der Waals surface area contributed by atoms with Crippen LogP contribution in [0.4, 0.5) is 0 Å². The molecule has 1 saturated carbocycles. The molecular weight excluding hydrogens is 240 g/mol. The van der Waals surface area contributed by atoms with Gasteiger partial charge in [0, 0.05) is 13.2 Å². The highest BCUT2D eigenvalue weighted by molar-refractivity contribution is 5.85. The lowest BCUT2D eigenvalue weighted by Crippen LogP contribution is -2.53. The van der Waals surface area contributed by atoms with Crippen LogP contribution in [0, 0.1) is 11.8 Å². The van der Waals surface area contributed by atoms with Gasteiger partial charge in [-0.25, -0.2) is 0 Å². The largest absolute Gasteiger partial charge is 0.381 e. The second-order valence-electron chi connectivity index (χ2n) is 6.76. The molecule has 2 unspecified atom stereocenters. The molecule has 2 rings (SSSR count). The van der Waals surface area contributed by atoms with Crippen LogP contribution in [0.2, 0.25) is 0 Å². The van der Waals surface area contributed by atoms with E-state index in [1.54, 1.807) is 7.11 Å². The maximum Gasteiger partial charge on any atom is 0.241 e. The van der Waals surface area contributed by atoms with Crippen LogP contribution in [0.1, 0.15) is 47.0 Å². The quantitative estimate of drug-likeness (QED) is 0.829. The van der Waals surface area contributed by atoms with Gasteiger partial charge in [-0.3, -0.25) is 10.1 Å². The highest BCUT2D eigenvalue weighted by Gasteiger charge is 2.47. The molecule has 110 valence electrons. The number of ether oxygens (including phenoxy) is 1. The summed E-state index contributed by atoms with van der Waals surface area (Å²) in [4.78, 5) is 14.7. The molecule has 4 nitrogen and oxygen atoms in total. The van der Waals surface area contributed by atoms with Gasteiger partial charge in [-0.2, -0.15) is 0 Å². The molecule has 0 aromatic heterocycles. The first-order valence-corrected chi connectivity index (χ1v) is 7.55. The van der Waals surface area contributed by atoms with Gasteiger partial charge in [-0.15, -0.1) is 0 Å². The lowest BCUT2D eigenvalue weighted by atomic mass is 9.87. The van der Waals surface area contributed by atoms with Crippen molar-refractivity contribution in [2.75, 3.05) is 7.11 Å². The van der Waals surface area contributed by atoms with Crippen LogP contribution >= 0.6 is 0 Å². The lowest BCUT2D eigenvalue weighted by molar-refractivity contribution is -0.138. The molecule has 1 saturated heterocycles. The van der Waals surface area contributed by atoms with Crippen LogP contribution in [0.25, 0.3) is 0 Å². The average molecular weight is 268 g/mol. The predicted molar refractivity (Wildman–Crippen MR) is 75.7 cm³/mol. The minimum atomic E-state index is -0.00894. The Morgan fingerprint density at radius 1 is 1.32 bits per heavy atom. The fourth-order valence-electron chi connectivity index (χ4n) is 3.17. The summed E-state index contributed by atoms with van der Waals surface area (Å²) < 4.78 is 5.34. The summed E-state index contributed by atoms with van der Waals surface area (Å²) in [5.74, 6) is 1.24. The molecule has 1 heterocycles. The van der Waals surface area contributed by atoms with E-state index in [0.29, 0.717) is 29.9 Å². The number of methoxy groups -OCH3 is 1. The minimum absolute atomic E-state index is 0.00894. The molecule has 1 aliphatic heterocycles. The van der Waals surface area contributed by atoms with Crippen LogP contribution in [0.15, 0.2) is 0 Å². The van der Waals surface area contributed by atoms with E-state index < -0.39 is 0 Å². The summed E-state index contributed by atoms with van der Waals surface area (Å²) in [6, 6.07) is 0.364. The first-order chi connectivity index (χ1) is 8.93. The van der Waals surface area contributed by atoms with Gasteiger partial charge in [0.15, 0.2) is 0 Å². The fourth-order valence-corrected chi connectivity index (χ4v) is 3.17. The first kappa shape index (κ1) is 14.8. The van der Waals surface area contributed by atoms with E-state index in [4.69, 9.17) is 4.74 Å². The predicted octanol–water partition coefficient (Wildman–Crippen LogP) is 1.99. The van der Waals surface area contributed by atoms with Crippen LogP contribution in [-0.4, -0.2) is 42.3 Å². The van der Waals surface area contributed by atoms with Gasteiger partial charge in [0.2, 0.25) is 5.91 Å². The van der Waals surface area contributed by atoms with Crippen molar-refractivity contribution in [2.45, 2.75) is 71.3 Å². The highest BCUT2D eigenvalue weighted by Crippen LogP contribution is 2.34. The van der Waals surface area contributed by atoms with Gasteiger partial charge in [-0.05, 0) is 31.1 Å². The molecule has 2 aliphatic rings. The number of carbonyl (C=O) groups is 1. The van der Waals surface area contributed by atoms with Crippen molar-refractivity contribution < 1.29 is 9.53 Å². The Balaban J connectivity index is 2.05. The summed E-state index contributed by atoms with van der Waals surface area (Å²) in [5.41, 5.74) is 0. The van der Waals surface area contributed by atoms with Crippen LogP contribution in [-0.2, 0) is 9.53 Å². The SMILES string of the molecule is COC1CC(N2C(=O)C(C(C)C)NC2CC(C)C)C1. The molecule has 0 aromatic rings. The molecule has 2 atom stereocenters. The van der Waals surface area contributed by atoms with Gasteiger partial charge < -0.3 is 9.64 Å². The van der Waals surface area contributed by atoms with Crippen LogP contribution in [0.3, 0.4) is 0 Å². The van der Waals surface area contributed by atoms with E-state index in [1.807, 2.05) is 0 Å². The maximum absolute atomic E-state index is 12.6. The number of hydrogen-bond acceptors (Lipinski definition) is 3. The van der Waals surface area contributed by atoms with Gasteiger partial charge in [-0.1, -0.05) is 27.7 Å². The summed E-state index contributed by atoms with van der Waals surface area (Å²) in [6.45, 7) is 8.66. The van der Waals surface area contributed by atoms with E-state index in [9.17, 15) is 4.79 Å². The molecule has 0 aromatic carbocycles. The van der Waals surface area contributed by atoms with Crippen molar-refractivity contribution in [1.82, 2.24) is 10.2 Å². The Hall–Kier alpha value is -0.610. The third-order valence-electron chi connectivity index (χ3n) is 4.39. The topological polar surface area (TPSA) is 41.6 Å². The third kappa shape index (κ3) is 2.95. The monoisotopic (exact) mass is 268 g/mol. The van der Waals surface area contributed by atoms with Crippen molar-refractivity contribution in [3.05, 3.63) is 0 Å². The van der Waals surface area contributed by atoms with Crippen LogP contribution < -0.4 is 5.32 Å². The van der Waals surface area contributed by atoms with Crippen molar-refractivity contribution in [3.8, 4) is 0 Å². The van der Waals surface area contributed by atoms with Crippen molar-refractivity contribution in [3.63, 3.8) is 0 Å². The first-order valence-electron chi connectivity index (χ1n) is 7.55. The summed E-state index contributed by atoms with van der Waals surface area (Å²) >= 11 is 0. The molecule has 19 heavy (non-hydrogen) atoms. The van der Waals surface area contributed by atoms with E-state index >= 15 is 0 Å². The second-order valence-corrected chi connectivity index (χ2v) is 6.76. The molecular formula is C15H28N2O2. The molecule has 1 amide bonds. The van der Waals surface area contributed by atoms with E-state index in [-0.39, 0.29) is 12.2 Å². The number of rotatable bonds is 5. The van der Waals surface area contributed by atoms with Crippen LogP contribution in [0.5, 0.6) is 0 Å². The number of hydrogen-bond donors (Lipinski definition) is 1. The Morgan fingerprint density at radius 3 is 2.42 bits per heavy atom. The third-order valence-corrected chi connectivity index (χ3v) is 4.39. The number of nitrogens with zero attached hydrogens (tertiary/aromatic N) is 1. The molecule has 0 spiro atoms. The Labute approximate surface area is 116 Å². The second kappa shape index (κ2) is 5.80. The fraction of sp³-hybridized carbons (Fsp3) is 0.933. The van der Waals surface area contributed by atoms with E-state index in [0.717, 1.165) is 19.3 Å². The van der Waals surface area contributed by atoms with Crippen molar-refractivity contribution >= 4 is 5.91 Å². The summed E-state index contributed by atoms with van der Waals surface area (Å²) in [7, 11) is 1.76. The van der Waals surface area contributed by atoms with Crippen molar-refractivity contribution in [1.29, 1.82) is 0 Å². The molecule has 0 bridgehead atoms.